The number of fused-ring (bicyclic) bond motifs is 1. The molecule has 0 aliphatic rings. The van der Waals surface area contributed by atoms with Gasteiger partial charge < -0.3 is 4.98 Å². The molecule has 0 amide bonds. The lowest BCUT2D eigenvalue weighted by Crippen LogP contribution is -2.12. The van der Waals surface area contributed by atoms with Gasteiger partial charge in [-0.3, -0.25) is 20.3 Å². The SMILES string of the molecule is Cc1ccc2[nH]c(=O)c(/C=N/Nc3ccc([N+](=O)[O-])cc3)cc2c1. The molecule has 0 atom stereocenters. The van der Waals surface area contributed by atoms with Crippen LogP contribution in [0, 0.1) is 17.0 Å². The smallest absolute Gasteiger partial charge is 0.269 e. The number of nitro benzene ring substituents is 1. The van der Waals surface area contributed by atoms with E-state index in [1.165, 1.54) is 18.3 Å². The number of aryl methyl sites for hydroxylation is 1. The molecule has 0 saturated heterocycles. The van der Waals surface area contributed by atoms with Gasteiger partial charge in [-0.05, 0) is 42.6 Å². The fourth-order valence-corrected chi connectivity index (χ4v) is 2.27. The van der Waals surface area contributed by atoms with E-state index < -0.39 is 4.92 Å². The van der Waals surface area contributed by atoms with Gasteiger partial charge in [0, 0.05) is 17.6 Å². The van der Waals surface area contributed by atoms with E-state index in [1.54, 1.807) is 18.2 Å². The summed E-state index contributed by atoms with van der Waals surface area (Å²) >= 11 is 0. The fourth-order valence-electron chi connectivity index (χ4n) is 2.27. The van der Waals surface area contributed by atoms with Crippen molar-refractivity contribution in [1.29, 1.82) is 0 Å². The normalized spacial score (nSPS) is 11.0. The Bertz CT molecular complexity index is 991. The van der Waals surface area contributed by atoms with E-state index >= 15 is 0 Å². The second-order valence-electron chi connectivity index (χ2n) is 5.32. The second-order valence-corrected chi connectivity index (χ2v) is 5.32. The van der Waals surface area contributed by atoms with E-state index in [1.807, 2.05) is 25.1 Å². The monoisotopic (exact) mass is 322 g/mol. The lowest BCUT2D eigenvalue weighted by Gasteiger charge is -2.02. The van der Waals surface area contributed by atoms with Crippen LogP contribution in [0.3, 0.4) is 0 Å². The topological polar surface area (TPSA) is 100 Å². The number of non-ortho nitro benzene ring substituents is 1. The molecule has 2 aromatic carbocycles. The van der Waals surface area contributed by atoms with Gasteiger partial charge in [-0.1, -0.05) is 11.6 Å². The Hall–Kier alpha value is -3.48. The Kier molecular flexibility index (Phi) is 4.07. The average Bonchev–Trinajstić information content (AvgIpc) is 2.56. The zero-order chi connectivity index (χ0) is 17.1. The summed E-state index contributed by atoms with van der Waals surface area (Å²) in [6, 6.07) is 13.4. The lowest BCUT2D eigenvalue weighted by atomic mass is 10.1. The van der Waals surface area contributed by atoms with Crippen LogP contribution >= 0.6 is 0 Å². The van der Waals surface area contributed by atoms with E-state index in [9.17, 15) is 14.9 Å². The minimum atomic E-state index is -0.469. The Morgan fingerprint density at radius 3 is 2.62 bits per heavy atom. The number of nitrogens with zero attached hydrogens (tertiary/aromatic N) is 2. The highest BCUT2D eigenvalue weighted by Gasteiger charge is 2.03. The third kappa shape index (κ3) is 3.30. The molecular formula is C17H14N4O3. The molecular weight excluding hydrogens is 308 g/mol. The van der Waals surface area contributed by atoms with Gasteiger partial charge in [-0.15, -0.1) is 0 Å². The van der Waals surface area contributed by atoms with Crippen LogP contribution in [0.2, 0.25) is 0 Å². The molecule has 0 fully saturated rings. The minimum Gasteiger partial charge on any atom is -0.321 e. The number of aromatic amines is 1. The summed E-state index contributed by atoms with van der Waals surface area (Å²) in [4.78, 5) is 25.0. The van der Waals surface area contributed by atoms with Gasteiger partial charge in [0.25, 0.3) is 11.2 Å². The van der Waals surface area contributed by atoms with Crippen molar-refractivity contribution in [2.75, 3.05) is 5.43 Å². The molecule has 1 heterocycles. The van der Waals surface area contributed by atoms with E-state index in [0.717, 1.165) is 16.5 Å². The number of pyridine rings is 1. The number of rotatable bonds is 4. The van der Waals surface area contributed by atoms with Crippen molar-refractivity contribution in [3.63, 3.8) is 0 Å². The maximum atomic E-state index is 12.0. The highest BCUT2D eigenvalue weighted by Crippen LogP contribution is 2.15. The van der Waals surface area contributed by atoms with Gasteiger partial charge in [0.05, 0.1) is 22.4 Å². The van der Waals surface area contributed by atoms with Crippen LogP contribution in [0.5, 0.6) is 0 Å². The molecule has 3 rings (SSSR count). The Morgan fingerprint density at radius 1 is 1.17 bits per heavy atom. The summed E-state index contributed by atoms with van der Waals surface area (Å²) in [6.45, 7) is 1.98. The van der Waals surface area contributed by atoms with Crippen LogP contribution in [0.25, 0.3) is 10.9 Å². The Morgan fingerprint density at radius 2 is 1.92 bits per heavy atom. The fraction of sp³-hybridized carbons (Fsp3) is 0.0588. The lowest BCUT2D eigenvalue weighted by molar-refractivity contribution is -0.384. The van der Waals surface area contributed by atoms with Crippen LogP contribution in [0.15, 0.2) is 58.4 Å². The van der Waals surface area contributed by atoms with E-state index in [4.69, 9.17) is 0 Å². The van der Waals surface area contributed by atoms with Crippen molar-refractivity contribution in [1.82, 2.24) is 4.98 Å². The van der Waals surface area contributed by atoms with E-state index in [-0.39, 0.29) is 11.2 Å². The van der Waals surface area contributed by atoms with Crippen molar-refractivity contribution in [2.24, 2.45) is 5.10 Å². The summed E-state index contributed by atoms with van der Waals surface area (Å²) in [6.07, 6.45) is 1.42. The van der Waals surface area contributed by atoms with Crippen molar-refractivity contribution in [3.05, 3.63) is 80.1 Å². The zero-order valence-corrected chi connectivity index (χ0v) is 12.8. The molecule has 3 aromatic rings. The Labute approximate surface area is 136 Å². The van der Waals surface area contributed by atoms with Crippen LogP contribution in [0.4, 0.5) is 11.4 Å². The number of benzene rings is 2. The number of hydrogen-bond acceptors (Lipinski definition) is 5. The first-order valence-corrected chi connectivity index (χ1v) is 7.20. The van der Waals surface area contributed by atoms with Crippen LogP contribution < -0.4 is 11.0 Å². The van der Waals surface area contributed by atoms with Gasteiger partial charge in [-0.2, -0.15) is 5.10 Å². The summed E-state index contributed by atoms with van der Waals surface area (Å²) in [5.41, 5.74) is 5.38. The molecule has 120 valence electrons. The van der Waals surface area contributed by atoms with Crippen molar-refractivity contribution in [2.45, 2.75) is 6.92 Å². The number of hydrazone groups is 1. The zero-order valence-electron chi connectivity index (χ0n) is 12.8. The molecule has 7 heteroatoms. The summed E-state index contributed by atoms with van der Waals surface area (Å²) in [5, 5.41) is 15.5. The van der Waals surface area contributed by atoms with Crippen molar-refractivity contribution in [3.8, 4) is 0 Å². The third-order valence-electron chi connectivity index (χ3n) is 3.50. The minimum absolute atomic E-state index is 0.00544. The first-order chi connectivity index (χ1) is 11.5. The summed E-state index contributed by atoms with van der Waals surface area (Å²) in [7, 11) is 0. The van der Waals surface area contributed by atoms with Crippen LogP contribution in [0.1, 0.15) is 11.1 Å². The summed E-state index contributed by atoms with van der Waals surface area (Å²) in [5.74, 6) is 0. The number of H-pyrrole nitrogens is 1. The molecule has 0 spiro atoms. The molecule has 0 unspecified atom stereocenters. The highest BCUT2D eigenvalue weighted by atomic mass is 16.6. The molecule has 0 aliphatic heterocycles. The van der Waals surface area contributed by atoms with E-state index in [0.29, 0.717) is 11.3 Å². The van der Waals surface area contributed by atoms with Gasteiger partial charge >= 0.3 is 0 Å². The first kappa shape index (κ1) is 15.4. The largest absolute Gasteiger partial charge is 0.321 e. The number of nitrogens with one attached hydrogen (secondary N) is 2. The molecule has 2 N–H and O–H groups in total. The number of hydrogen-bond donors (Lipinski definition) is 2. The highest BCUT2D eigenvalue weighted by molar-refractivity contribution is 5.88. The van der Waals surface area contributed by atoms with Crippen LogP contribution in [-0.4, -0.2) is 16.1 Å². The molecule has 0 aliphatic carbocycles. The second kappa shape index (κ2) is 6.33. The number of anilines is 1. The standard InChI is InChI=1S/C17H14N4O3/c1-11-2-7-16-12(8-11)9-13(17(22)19-16)10-18-20-14-3-5-15(6-4-14)21(23)24/h2-10,20H,1H3,(H,19,22)/b18-10+. The molecule has 7 nitrogen and oxygen atoms in total. The molecule has 0 saturated carbocycles. The van der Waals surface area contributed by atoms with Crippen molar-refractivity contribution < 1.29 is 4.92 Å². The van der Waals surface area contributed by atoms with Crippen LogP contribution in [-0.2, 0) is 0 Å². The maximum absolute atomic E-state index is 12.0. The first-order valence-electron chi connectivity index (χ1n) is 7.20. The molecule has 0 bridgehead atoms. The molecule has 0 radical (unpaired) electrons. The van der Waals surface area contributed by atoms with E-state index in [2.05, 4.69) is 15.5 Å². The summed E-state index contributed by atoms with van der Waals surface area (Å²) < 4.78 is 0. The van der Waals surface area contributed by atoms with Gasteiger partial charge in [0.1, 0.15) is 0 Å². The molecule has 1 aromatic heterocycles. The van der Waals surface area contributed by atoms with Gasteiger partial charge in [0.15, 0.2) is 0 Å². The average molecular weight is 322 g/mol. The van der Waals surface area contributed by atoms with Gasteiger partial charge in [-0.25, -0.2) is 0 Å². The molecule has 24 heavy (non-hydrogen) atoms. The maximum Gasteiger partial charge on any atom is 0.269 e. The predicted octanol–water partition coefficient (Wildman–Crippen LogP) is 3.19. The predicted molar refractivity (Wildman–Crippen MR) is 93.6 cm³/mol. The number of aromatic nitrogens is 1. The Balaban J connectivity index is 1.81. The number of nitro groups is 1. The quantitative estimate of drug-likeness (QED) is 0.437. The van der Waals surface area contributed by atoms with Crippen molar-refractivity contribution >= 4 is 28.5 Å². The van der Waals surface area contributed by atoms with Gasteiger partial charge in [0.2, 0.25) is 0 Å². The third-order valence-corrected chi connectivity index (χ3v) is 3.50.